The summed E-state index contributed by atoms with van der Waals surface area (Å²) in [6.07, 6.45) is 1.24. The van der Waals surface area contributed by atoms with Crippen molar-refractivity contribution < 1.29 is 19.4 Å². The molecule has 0 radical (unpaired) electrons. The molecule has 7 nitrogen and oxygen atoms in total. The number of aliphatic carboxylic acids is 1. The summed E-state index contributed by atoms with van der Waals surface area (Å²) in [5, 5.41) is 9.21. The fourth-order valence-corrected chi connectivity index (χ4v) is 1.47. The van der Waals surface area contributed by atoms with E-state index in [1.807, 2.05) is 0 Å². The number of hydrogen-bond acceptors (Lipinski definition) is 5. The van der Waals surface area contributed by atoms with Crippen LogP contribution in [0, 0.1) is 6.92 Å². The highest BCUT2D eigenvalue weighted by atomic mass is 16.6. The predicted octanol–water partition coefficient (Wildman–Crippen LogP) is 0.384. The summed E-state index contributed by atoms with van der Waals surface area (Å²) < 4.78 is 5.06. The first-order valence-corrected chi connectivity index (χ1v) is 5.81. The molecule has 1 rings (SSSR count). The molecular weight excluding hydrogens is 250 g/mol. The SMILES string of the molecule is Cc1ncc(CC(N)(C(=O)O)C(=O)OC(C)(C)C)[nH]1. The van der Waals surface area contributed by atoms with E-state index in [0.717, 1.165) is 0 Å². The van der Waals surface area contributed by atoms with Gasteiger partial charge in [0, 0.05) is 18.3 Å². The topological polar surface area (TPSA) is 118 Å². The van der Waals surface area contributed by atoms with Gasteiger partial charge in [-0.25, -0.2) is 14.6 Å². The van der Waals surface area contributed by atoms with Crippen molar-refractivity contribution >= 4 is 11.9 Å². The molecule has 1 heterocycles. The molecule has 1 atom stereocenters. The normalized spacial score (nSPS) is 14.8. The number of ether oxygens (including phenoxy) is 1. The first-order chi connectivity index (χ1) is 8.54. The molecule has 0 saturated carbocycles. The second kappa shape index (κ2) is 5.00. The van der Waals surface area contributed by atoms with Gasteiger partial charge in [0.2, 0.25) is 5.54 Å². The summed E-state index contributed by atoms with van der Waals surface area (Å²) in [4.78, 5) is 30.1. The number of aromatic nitrogens is 2. The summed E-state index contributed by atoms with van der Waals surface area (Å²) in [7, 11) is 0. The van der Waals surface area contributed by atoms with Crippen molar-refractivity contribution in [3.05, 3.63) is 17.7 Å². The molecule has 0 spiro atoms. The molecule has 1 aromatic rings. The smallest absolute Gasteiger partial charge is 0.338 e. The van der Waals surface area contributed by atoms with Crippen LogP contribution in [-0.4, -0.2) is 38.2 Å². The molecule has 0 bridgehead atoms. The maximum atomic E-state index is 12.0. The molecule has 7 heteroatoms. The lowest BCUT2D eigenvalue weighted by Crippen LogP contribution is -2.58. The molecule has 4 N–H and O–H groups in total. The summed E-state index contributed by atoms with van der Waals surface area (Å²) in [5.41, 5.74) is 3.24. The van der Waals surface area contributed by atoms with E-state index in [9.17, 15) is 14.7 Å². The number of imidazole rings is 1. The van der Waals surface area contributed by atoms with Crippen molar-refractivity contribution in [1.82, 2.24) is 9.97 Å². The Hall–Kier alpha value is -1.89. The van der Waals surface area contributed by atoms with Crippen LogP contribution in [0.25, 0.3) is 0 Å². The number of carboxylic acid groups (broad SMARTS) is 1. The molecule has 106 valence electrons. The minimum absolute atomic E-state index is 0.210. The van der Waals surface area contributed by atoms with Crippen molar-refractivity contribution in [2.75, 3.05) is 0 Å². The highest BCUT2D eigenvalue weighted by molar-refractivity contribution is 6.04. The fourth-order valence-electron chi connectivity index (χ4n) is 1.47. The van der Waals surface area contributed by atoms with Crippen LogP contribution in [0.4, 0.5) is 0 Å². The van der Waals surface area contributed by atoms with Crippen LogP contribution in [0.1, 0.15) is 32.3 Å². The van der Waals surface area contributed by atoms with Crippen LogP contribution >= 0.6 is 0 Å². The molecule has 1 unspecified atom stereocenters. The first-order valence-electron chi connectivity index (χ1n) is 5.81. The van der Waals surface area contributed by atoms with Gasteiger partial charge < -0.3 is 20.6 Å². The van der Waals surface area contributed by atoms with Gasteiger partial charge in [0.1, 0.15) is 11.4 Å². The van der Waals surface area contributed by atoms with Gasteiger partial charge >= 0.3 is 11.9 Å². The van der Waals surface area contributed by atoms with Gasteiger partial charge in [-0.15, -0.1) is 0 Å². The Morgan fingerprint density at radius 2 is 2.05 bits per heavy atom. The first kappa shape index (κ1) is 15.2. The van der Waals surface area contributed by atoms with E-state index in [0.29, 0.717) is 11.5 Å². The lowest BCUT2D eigenvalue weighted by molar-refractivity contribution is -0.169. The number of carboxylic acids is 1. The van der Waals surface area contributed by atoms with Crippen LogP contribution in [0.2, 0.25) is 0 Å². The Morgan fingerprint density at radius 1 is 1.47 bits per heavy atom. The van der Waals surface area contributed by atoms with Crippen molar-refractivity contribution in [2.24, 2.45) is 5.73 Å². The van der Waals surface area contributed by atoms with Gasteiger partial charge in [-0.05, 0) is 27.7 Å². The largest absolute Gasteiger partial charge is 0.479 e. The molecule has 0 aliphatic rings. The summed E-state index contributed by atoms with van der Waals surface area (Å²) in [6, 6.07) is 0. The number of hydrogen-bond donors (Lipinski definition) is 3. The molecule has 0 aliphatic carbocycles. The summed E-state index contributed by atoms with van der Waals surface area (Å²) in [6.45, 7) is 6.66. The standard InChI is InChI=1S/C12H19N3O4/c1-7-14-6-8(15-7)5-12(13,9(16)17)10(18)19-11(2,3)4/h6H,5,13H2,1-4H3,(H,14,15)(H,16,17). The quantitative estimate of drug-likeness (QED) is 0.537. The monoisotopic (exact) mass is 269 g/mol. The van der Waals surface area contributed by atoms with Gasteiger partial charge in [0.05, 0.1) is 0 Å². The van der Waals surface area contributed by atoms with E-state index in [4.69, 9.17) is 10.5 Å². The Bertz CT molecular complexity index is 489. The predicted molar refractivity (Wildman–Crippen MR) is 67.4 cm³/mol. The number of nitrogens with two attached hydrogens (primary N) is 1. The van der Waals surface area contributed by atoms with Gasteiger partial charge in [0.25, 0.3) is 0 Å². The highest BCUT2D eigenvalue weighted by Crippen LogP contribution is 2.17. The molecule has 0 saturated heterocycles. The number of rotatable bonds is 4. The van der Waals surface area contributed by atoms with E-state index < -0.39 is 23.1 Å². The number of carbonyl (C=O) groups excluding carboxylic acids is 1. The molecule has 0 amide bonds. The third kappa shape index (κ3) is 3.78. The molecule has 1 aromatic heterocycles. The van der Waals surface area contributed by atoms with Crippen molar-refractivity contribution in [2.45, 2.75) is 45.3 Å². The van der Waals surface area contributed by atoms with E-state index in [2.05, 4.69) is 9.97 Å². The van der Waals surface area contributed by atoms with E-state index in [-0.39, 0.29) is 6.42 Å². The Morgan fingerprint density at radius 3 is 2.42 bits per heavy atom. The van der Waals surface area contributed by atoms with Crippen LogP contribution in [0.15, 0.2) is 6.20 Å². The lowest BCUT2D eigenvalue weighted by Gasteiger charge is -2.27. The van der Waals surface area contributed by atoms with Gasteiger partial charge in [0.15, 0.2) is 0 Å². The number of aryl methyl sites for hydroxylation is 1. The number of carbonyl (C=O) groups is 2. The maximum Gasteiger partial charge on any atom is 0.338 e. The highest BCUT2D eigenvalue weighted by Gasteiger charge is 2.46. The number of esters is 1. The fraction of sp³-hybridized carbons (Fsp3) is 0.583. The summed E-state index contributed by atoms with van der Waals surface area (Å²) >= 11 is 0. The van der Waals surface area contributed by atoms with Crippen LogP contribution in [-0.2, 0) is 20.7 Å². The van der Waals surface area contributed by atoms with Gasteiger partial charge in [-0.2, -0.15) is 0 Å². The lowest BCUT2D eigenvalue weighted by atomic mass is 9.94. The molecule has 0 aromatic carbocycles. The number of nitrogens with one attached hydrogen (secondary N) is 1. The van der Waals surface area contributed by atoms with E-state index in [1.54, 1.807) is 27.7 Å². The third-order valence-electron chi connectivity index (χ3n) is 2.37. The Kier molecular flexibility index (Phi) is 4.00. The third-order valence-corrected chi connectivity index (χ3v) is 2.37. The zero-order chi connectivity index (χ0) is 14.8. The second-order valence-electron chi connectivity index (χ2n) is 5.45. The summed E-state index contributed by atoms with van der Waals surface area (Å²) in [5.74, 6) is -1.79. The van der Waals surface area contributed by atoms with E-state index in [1.165, 1.54) is 6.20 Å². The van der Waals surface area contributed by atoms with E-state index >= 15 is 0 Å². The zero-order valence-corrected chi connectivity index (χ0v) is 11.5. The van der Waals surface area contributed by atoms with Crippen LogP contribution in [0.3, 0.4) is 0 Å². The average molecular weight is 269 g/mol. The Balaban J connectivity index is 2.97. The van der Waals surface area contributed by atoms with Crippen molar-refractivity contribution in [3.63, 3.8) is 0 Å². The van der Waals surface area contributed by atoms with Gasteiger partial charge in [-0.1, -0.05) is 0 Å². The molecule has 0 fully saturated rings. The molecular formula is C12H19N3O4. The molecule has 19 heavy (non-hydrogen) atoms. The number of aromatic amines is 1. The van der Waals surface area contributed by atoms with Crippen molar-refractivity contribution in [3.8, 4) is 0 Å². The Labute approximate surface area is 111 Å². The second-order valence-corrected chi connectivity index (χ2v) is 5.45. The van der Waals surface area contributed by atoms with Crippen LogP contribution < -0.4 is 5.73 Å². The number of H-pyrrole nitrogens is 1. The average Bonchev–Trinajstić information content (AvgIpc) is 2.60. The minimum atomic E-state index is -2.13. The maximum absolute atomic E-state index is 12.0. The van der Waals surface area contributed by atoms with Gasteiger partial charge in [-0.3, -0.25) is 0 Å². The zero-order valence-electron chi connectivity index (χ0n) is 11.5. The molecule has 0 aliphatic heterocycles. The number of nitrogens with zero attached hydrogens (tertiary/aromatic N) is 1. The minimum Gasteiger partial charge on any atom is -0.479 e. The van der Waals surface area contributed by atoms with Crippen molar-refractivity contribution in [1.29, 1.82) is 0 Å². The van der Waals surface area contributed by atoms with Crippen LogP contribution in [0.5, 0.6) is 0 Å².